The van der Waals surface area contributed by atoms with Crippen LogP contribution in [0.25, 0.3) is 0 Å². The third-order valence-corrected chi connectivity index (χ3v) is 2.67. The minimum Gasteiger partial charge on any atom is -0.367 e. The molecular formula is C8H15ClN4S. The molecule has 1 aromatic heterocycles. The van der Waals surface area contributed by atoms with Gasteiger partial charge in [0.1, 0.15) is 0 Å². The molecule has 0 spiro atoms. The van der Waals surface area contributed by atoms with Gasteiger partial charge in [0.2, 0.25) is 0 Å². The number of rotatable bonds is 6. The molecule has 80 valence electrons. The molecule has 0 saturated heterocycles. The summed E-state index contributed by atoms with van der Waals surface area (Å²) >= 11 is 6.90. The lowest BCUT2D eigenvalue weighted by molar-refractivity contribution is 0.396. The van der Waals surface area contributed by atoms with E-state index in [1.807, 2.05) is 0 Å². The monoisotopic (exact) mass is 234 g/mol. The van der Waals surface area contributed by atoms with Gasteiger partial charge in [-0.2, -0.15) is 8.75 Å². The Morgan fingerprint density at radius 1 is 1.36 bits per heavy atom. The second-order valence-corrected chi connectivity index (χ2v) is 4.23. The molecule has 1 heterocycles. The highest BCUT2D eigenvalue weighted by Crippen LogP contribution is 2.17. The number of unbranched alkanes of at least 4 members (excludes halogenated alkanes) is 1. The van der Waals surface area contributed by atoms with E-state index in [0.29, 0.717) is 11.0 Å². The van der Waals surface area contributed by atoms with E-state index in [-0.39, 0.29) is 0 Å². The van der Waals surface area contributed by atoms with Crippen LogP contribution in [0.1, 0.15) is 12.8 Å². The number of halogens is 1. The third-order valence-electron chi connectivity index (χ3n) is 1.77. The van der Waals surface area contributed by atoms with Crippen molar-refractivity contribution in [2.75, 3.05) is 32.5 Å². The van der Waals surface area contributed by atoms with E-state index in [2.05, 4.69) is 33.1 Å². The van der Waals surface area contributed by atoms with Gasteiger partial charge in [0.15, 0.2) is 11.0 Å². The summed E-state index contributed by atoms with van der Waals surface area (Å²) in [6.45, 7) is 2.02. The summed E-state index contributed by atoms with van der Waals surface area (Å²) in [6, 6.07) is 0. The number of hydrogen-bond donors (Lipinski definition) is 1. The number of aromatic nitrogens is 2. The average molecular weight is 235 g/mol. The van der Waals surface area contributed by atoms with E-state index in [1.54, 1.807) is 0 Å². The van der Waals surface area contributed by atoms with E-state index >= 15 is 0 Å². The summed E-state index contributed by atoms with van der Waals surface area (Å²) in [5.41, 5.74) is 0. The number of anilines is 1. The molecule has 0 aromatic carbocycles. The summed E-state index contributed by atoms with van der Waals surface area (Å²) in [5.74, 6) is 0.710. The molecule has 0 aliphatic carbocycles. The molecule has 0 unspecified atom stereocenters. The molecule has 0 amide bonds. The van der Waals surface area contributed by atoms with Crippen molar-refractivity contribution in [1.29, 1.82) is 0 Å². The number of nitrogens with one attached hydrogen (secondary N) is 1. The standard InChI is InChI=1S/C8H15ClN4S/c1-13(2)6-4-3-5-10-8-7(9)11-14-12-8/h3-6H2,1-2H3,(H,10,12). The van der Waals surface area contributed by atoms with Crippen molar-refractivity contribution in [2.45, 2.75) is 12.8 Å². The van der Waals surface area contributed by atoms with Gasteiger partial charge in [-0.05, 0) is 33.5 Å². The van der Waals surface area contributed by atoms with Gasteiger partial charge in [-0.3, -0.25) is 0 Å². The van der Waals surface area contributed by atoms with Crippen LogP contribution in [0.5, 0.6) is 0 Å². The summed E-state index contributed by atoms with van der Waals surface area (Å²) in [5, 5.41) is 3.63. The van der Waals surface area contributed by atoms with Gasteiger partial charge in [0.05, 0.1) is 11.7 Å². The normalized spacial score (nSPS) is 10.9. The topological polar surface area (TPSA) is 41.0 Å². The van der Waals surface area contributed by atoms with E-state index < -0.39 is 0 Å². The zero-order chi connectivity index (χ0) is 10.4. The molecule has 1 rings (SSSR count). The predicted octanol–water partition coefficient (Wildman–Crippen LogP) is 1.95. The first-order valence-corrected chi connectivity index (χ1v) is 5.67. The molecule has 0 bridgehead atoms. The summed E-state index contributed by atoms with van der Waals surface area (Å²) in [4.78, 5) is 2.18. The Morgan fingerprint density at radius 2 is 2.14 bits per heavy atom. The average Bonchev–Trinajstić information content (AvgIpc) is 2.51. The maximum Gasteiger partial charge on any atom is 0.186 e. The third kappa shape index (κ3) is 4.21. The molecule has 0 saturated carbocycles. The largest absolute Gasteiger partial charge is 0.367 e. The SMILES string of the molecule is CN(C)CCCCNc1nsnc1Cl. The van der Waals surface area contributed by atoms with Gasteiger partial charge in [-0.15, -0.1) is 0 Å². The Morgan fingerprint density at radius 3 is 2.71 bits per heavy atom. The van der Waals surface area contributed by atoms with Crippen LogP contribution in [0, 0.1) is 0 Å². The first kappa shape index (κ1) is 11.7. The highest BCUT2D eigenvalue weighted by atomic mass is 35.5. The lowest BCUT2D eigenvalue weighted by Crippen LogP contribution is -2.14. The van der Waals surface area contributed by atoms with Crippen LogP contribution in [0.4, 0.5) is 5.82 Å². The van der Waals surface area contributed by atoms with Crippen LogP contribution >= 0.6 is 23.3 Å². The first-order chi connectivity index (χ1) is 6.70. The fourth-order valence-corrected chi connectivity index (χ4v) is 1.73. The van der Waals surface area contributed by atoms with Crippen molar-refractivity contribution in [2.24, 2.45) is 0 Å². The number of hydrogen-bond acceptors (Lipinski definition) is 5. The van der Waals surface area contributed by atoms with Gasteiger partial charge in [0.25, 0.3) is 0 Å². The Balaban J connectivity index is 2.08. The molecule has 0 atom stereocenters. The second-order valence-electron chi connectivity index (χ2n) is 3.34. The quantitative estimate of drug-likeness (QED) is 0.764. The predicted molar refractivity (Wildman–Crippen MR) is 61.2 cm³/mol. The summed E-state index contributed by atoms with van der Waals surface area (Å²) < 4.78 is 7.89. The van der Waals surface area contributed by atoms with Crippen LogP contribution in [-0.2, 0) is 0 Å². The van der Waals surface area contributed by atoms with E-state index in [4.69, 9.17) is 11.6 Å². The minimum atomic E-state index is 0.475. The lowest BCUT2D eigenvalue weighted by atomic mass is 10.3. The molecule has 0 aliphatic heterocycles. The fraction of sp³-hybridized carbons (Fsp3) is 0.750. The van der Waals surface area contributed by atoms with Crippen molar-refractivity contribution >= 4 is 29.1 Å². The Kier molecular flexibility index (Phi) is 5.14. The lowest BCUT2D eigenvalue weighted by Gasteiger charge is -2.08. The Labute approximate surface area is 93.6 Å². The maximum absolute atomic E-state index is 5.77. The van der Waals surface area contributed by atoms with E-state index in [9.17, 15) is 0 Å². The molecule has 6 heteroatoms. The zero-order valence-corrected chi connectivity index (χ0v) is 10.0. The van der Waals surface area contributed by atoms with Crippen LogP contribution in [0.2, 0.25) is 5.15 Å². The minimum absolute atomic E-state index is 0.475. The Hall–Kier alpha value is -0.390. The molecule has 14 heavy (non-hydrogen) atoms. The zero-order valence-electron chi connectivity index (χ0n) is 8.46. The number of nitrogens with zero attached hydrogens (tertiary/aromatic N) is 3. The Bertz CT molecular complexity index is 264. The molecular weight excluding hydrogens is 220 g/mol. The molecule has 1 N–H and O–H groups in total. The van der Waals surface area contributed by atoms with Crippen LogP contribution in [-0.4, -0.2) is 40.8 Å². The van der Waals surface area contributed by atoms with Gasteiger partial charge in [-0.1, -0.05) is 11.6 Å². The second kappa shape index (κ2) is 6.16. The highest BCUT2D eigenvalue weighted by Gasteiger charge is 2.02. The van der Waals surface area contributed by atoms with Gasteiger partial charge < -0.3 is 10.2 Å². The summed E-state index contributed by atoms with van der Waals surface area (Å²) in [7, 11) is 4.16. The maximum atomic E-state index is 5.77. The van der Waals surface area contributed by atoms with Crippen molar-refractivity contribution in [3.05, 3.63) is 5.15 Å². The van der Waals surface area contributed by atoms with Crippen LogP contribution in [0.15, 0.2) is 0 Å². The van der Waals surface area contributed by atoms with Gasteiger partial charge in [-0.25, -0.2) is 0 Å². The van der Waals surface area contributed by atoms with E-state index in [0.717, 1.165) is 31.2 Å². The molecule has 0 radical (unpaired) electrons. The molecule has 4 nitrogen and oxygen atoms in total. The highest BCUT2D eigenvalue weighted by molar-refractivity contribution is 6.99. The summed E-state index contributed by atoms with van der Waals surface area (Å²) in [6.07, 6.45) is 2.29. The van der Waals surface area contributed by atoms with Crippen molar-refractivity contribution in [1.82, 2.24) is 13.6 Å². The fourth-order valence-electron chi connectivity index (χ4n) is 1.04. The molecule has 0 aliphatic rings. The van der Waals surface area contributed by atoms with E-state index in [1.165, 1.54) is 6.42 Å². The van der Waals surface area contributed by atoms with Crippen LogP contribution in [0.3, 0.4) is 0 Å². The molecule has 0 fully saturated rings. The van der Waals surface area contributed by atoms with Crippen molar-refractivity contribution in [3.8, 4) is 0 Å². The smallest absolute Gasteiger partial charge is 0.186 e. The van der Waals surface area contributed by atoms with Gasteiger partial charge >= 0.3 is 0 Å². The molecule has 1 aromatic rings. The van der Waals surface area contributed by atoms with Crippen molar-refractivity contribution in [3.63, 3.8) is 0 Å². The first-order valence-electron chi connectivity index (χ1n) is 4.57. The van der Waals surface area contributed by atoms with Crippen molar-refractivity contribution < 1.29 is 0 Å². The van der Waals surface area contributed by atoms with Gasteiger partial charge in [0, 0.05) is 6.54 Å². The van der Waals surface area contributed by atoms with Crippen LogP contribution < -0.4 is 5.32 Å².